The Hall–Kier alpha value is -2.64. The van der Waals surface area contributed by atoms with Crippen molar-refractivity contribution in [2.75, 3.05) is 6.26 Å². The summed E-state index contributed by atoms with van der Waals surface area (Å²) in [6.45, 7) is 0. The van der Waals surface area contributed by atoms with Gasteiger partial charge >= 0.3 is 0 Å². The Bertz CT molecular complexity index is 1290. The van der Waals surface area contributed by atoms with Gasteiger partial charge in [0.25, 0.3) is 5.56 Å². The summed E-state index contributed by atoms with van der Waals surface area (Å²) in [6.07, 6.45) is 4.13. The van der Waals surface area contributed by atoms with Crippen LogP contribution in [0.15, 0.2) is 52.4 Å². The maximum Gasteiger partial charge on any atom is 0.267 e. The van der Waals surface area contributed by atoms with Gasteiger partial charge in [-0.3, -0.25) is 9.78 Å². The van der Waals surface area contributed by atoms with Crippen LogP contribution in [0.3, 0.4) is 0 Å². The Labute approximate surface area is 147 Å². The van der Waals surface area contributed by atoms with Crippen molar-refractivity contribution < 1.29 is 8.42 Å². The van der Waals surface area contributed by atoms with E-state index < -0.39 is 15.4 Å². The molecule has 6 nitrogen and oxygen atoms in total. The van der Waals surface area contributed by atoms with Crippen molar-refractivity contribution in [3.63, 3.8) is 0 Å². The highest BCUT2D eigenvalue weighted by atomic mass is 35.5. The zero-order chi connectivity index (χ0) is 17.8. The number of benzene rings is 1. The number of aromatic nitrogens is 3. The molecule has 4 aromatic rings. The zero-order valence-electron chi connectivity index (χ0n) is 13.0. The smallest absolute Gasteiger partial charge is 0.267 e. The summed E-state index contributed by atoms with van der Waals surface area (Å²) in [5, 5.41) is 1.23. The fourth-order valence-electron chi connectivity index (χ4n) is 3.02. The van der Waals surface area contributed by atoms with Gasteiger partial charge in [-0.1, -0.05) is 17.7 Å². The van der Waals surface area contributed by atoms with Crippen molar-refractivity contribution in [3.8, 4) is 11.1 Å². The van der Waals surface area contributed by atoms with Crippen molar-refractivity contribution in [1.29, 1.82) is 0 Å². The van der Waals surface area contributed by atoms with Crippen molar-refractivity contribution in [2.45, 2.75) is 4.90 Å². The summed E-state index contributed by atoms with van der Waals surface area (Å²) >= 11 is 6.06. The number of halogens is 1. The number of nitrogens with zero attached hydrogens (tertiary/aromatic N) is 1. The lowest BCUT2D eigenvalue weighted by Gasteiger charge is -2.09. The fraction of sp³-hybridized carbons (Fsp3) is 0.0588. The molecule has 0 amide bonds. The molecule has 0 bridgehead atoms. The Morgan fingerprint density at radius 2 is 1.92 bits per heavy atom. The number of aromatic amines is 2. The Kier molecular flexibility index (Phi) is 3.45. The van der Waals surface area contributed by atoms with Crippen molar-refractivity contribution >= 4 is 43.4 Å². The first-order valence-electron chi connectivity index (χ1n) is 7.34. The van der Waals surface area contributed by atoms with E-state index in [1.165, 1.54) is 6.20 Å². The second-order valence-electron chi connectivity index (χ2n) is 5.74. The van der Waals surface area contributed by atoms with Gasteiger partial charge < -0.3 is 9.97 Å². The van der Waals surface area contributed by atoms with E-state index in [9.17, 15) is 13.2 Å². The third kappa shape index (κ3) is 2.52. The number of hydrogen-bond acceptors (Lipinski definition) is 4. The van der Waals surface area contributed by atoms with E-state index in [2.05, 4.69) is 15.0 Å². The van der Waals surface area contributed by atoms with Gasteiger partial charge in [-0.25, -0.2) is 8.42 Å². The van der Waals surface area contributed by atoms with Gasteiger partial charge in [-0.2, -0.15) is 0 Å². The molecule has 0 spiro atoms. The van der Waals surface area contributed by atoms with Crippen molar-refractivity contribution in [3.05, 3.63) is 58.1 Å². The van der Waals surface area contributed by atoms with Crippen molar-refractivity contribution in [2.24, 2.45) is 0 Å². The number of H-pyrrole nitrogens is 2. The molecule has 0 fully saturated rings. The molecular formula is C17H12ClN3O3S. The summed E-state index contributed by atoms with van der Waals surface area (Å²) in [4.78, 5) is 22.2. The van der Waals surface area contributed by atoms with Crippen LogP contribution in [0, 0.1) is 0 Å². The maximum atomic E-state index is 12.6. The van der Waals surface area contributed by atoms with E-state index >= 15 is 0 Å². The van der Waals surface area contributed by atoms with Crippen LogP contribution >= 0.6 is 11.6 Å². The molecule has 0 saturated carbocycles. The lowest BCUT2D eigenvalue weighted by molar-refractivity contribution is 0.601. The van der Waals surface area contributed by atoms with Gasteiger partial charge in [-0.15, -0.1) is 0 Å². The van der Waals surface area contributed by atoms with Crippen LogP contribution in [0.2, 0.25) is 5.02 Å². The molecule has 3 heterocycles. The average Bonchev–Trinajstić information content (AvgIpc) is 2.91. The minimum absolute atomic E-state index is 0.286. The monoisotopic (exact) mass is 373 g/mol. The number of fused-ring (bicyclic) bond motifs is 3. The second kappa shape index (κ2) is 5.44. The molecule has 126 valence electrons. The van der Waals surface area contributed by atoms with Crippen molar-refractivity contribution in [1.82, 2.24) is 15.0 Å². The normalized spacial score (nSPS) is 12.1. The number of pyridine rings is 2. The fourth-order valence-corrected chi connectivity index (χ4v) is 4.17. The van der Waals surface area contributed by atoms with Gasteiger partial charge in [-0.05, 0) is 24.3 Å². The van der Waals surface area contributed by atoms with Crippen LogP contribution in [-0.2, 0) is 9.84 Å². The van der Waals surface area contributed by atoms with Gasteiger partial charge in [0.1, 0.15) is 4.90 Å². The molecule has 4 rings (SSSR count). The largest absolute Gasteiger partial charge is 0.353 e. The second-order valence-corrected chi connectivity index (χ2v) is 8.13. The first kappa shape index (κ1) is 15.9. The summed E-state index contributed by atoms with van der Waals surface area (Å²) < 4.78 is 24.6. The molecule has 0 aliphatic heterocycles. The highest BCUT2D eigenvalue weighted by Crippen LogP contribution is 2.35. The third-order valence-corrected chi connectivity index (χ3v) is 5.37. The summed E-state index contributed by atoms with van der Waals surface area (Å²) in [7, 11) is -3.77. The molecule has 0 saturated heterocycles. The molecule has 8 heteroatoms. The van der Waals surface area contributed by atoms with Crippen LogP contribution in [0.1, 0.15) is 0 Å². The molecule has 1 aromatic carbocycles. The standard InChI is InChI=1S/C17H12ClN3O3S/c1-25(23,24)16-13(9-3-2-6-19-8-9)15-14(21-17(16)22)11-7-10(18)4-5-12(11)20-15/h2-8,20H,1H3,(H,21,22). The van der Waals surface area contributed by atoms with E-state index in [1.807, 2.05) is 0 Å². The molecule has 3 aromatic heterocycles. The summed E-state index contributed by atoms with van der Waals surface area (Å²) in [5.74, 6) is 0. The van der Waals surface area contributed by atoms with E-state index in [1.54, 1.807) is 36.5 Å². The SMILES string of the molecule is CS(=O)(=O)c1c(-c2cccnc2)c2[nH]c3ccc(Cl)cc3c2[nH]c1=O. The summed E-state index contributed by atoms with van der Waals surface area (Å²) in [5.41, 5.74) is 1.94. The Morgan fingerprint density at radius 1 is 1.12 bits per heavy atom. The number of nitrogens with one attached hydrogen (secondary N) is 2. The van der Waals surface area contributed by atoms with Crippen LogP contribution in [0.25, 0.3) is 33.1 Å². The number of rotatable bonds is 2. The van der Waals surface area contributed by atoms with E-state index in [-0.39, 0.29) is 4.90 Å². The predicted molar refractivity (Wildman–Crippen MR) is 97.8 cm³/mol. The Morgan fingerprint density at radius 3 is 2.60 bits per heavy atom. The number of sulfone groups is 1. The maximum absolute atomic E-state index is 12.6. The lowest BCUT2D eigenvalue weighted by Crippen LogP contribution is -2.18. The van der Waals surface area contributed by atoms with Crippen LogP contribution in [0.4, 0.5) is 0 Å². The predicted octanol–water partition coefficient (Wildman–Crippen LogP) is 3.13. The first-order valence-corrected chi connectivity index (χ1v) is 9.61. The van der Waals surface area contributed by atoms with Crippen LogP contribution < -0.4 is 5.56 Å². The molecule has 25 heavy (non-hydrogen) atoms. The highest BCUT2D eigenvalue weighted by Gasteiger charge is 2.24. The third-order valence-electron chi connectivity index (χ3n) is 4.00. The molecular weight excluding hydrogens is 362 g/mol. The van der Waals surface area contributed by atoms with Gasteiger partial charge in [0.2, 0.25) is 0 Å². The van der Waals surface area contributed by atoms with E-state index in [4.69, 9.17) is 11.6 Å². The zero-order valence-corrected chi connectivity index (χ0v) is 14.6. The molecule has 0 atom stereocenters. The number of hydrogen-bond donors (Lipinski definition) is 2. The molecule has 0 radical (unpaired) electrons. The Balaban J connectivity index is 2.29. The first-order chi connectivity index (χ1) is 11.9. The van der Waals surface area contributed by atoms with Gasteiger partial charge in [0.05, 0.1) is 11.0 Å². The molecule has 0 unspecified atom stereocenters. The average molecular weight is 374 g/mol. The quantitative estimate of drug-likeness (QED) is 0.564. The topological polar surface area (TPSA) is 95.7 Å². The van der Waals surface area contributed by atoms with Gasteiger partial charge in [0.15, 0.2) is 9.84 Å². The van der Waals surface area contributed by atoms with E-state index in [0.29, 0.717) is 32.6 Å². The lowest BCUT2D eigenvalue weighted by atomic mass is 10.1. The minimum atomic E-state index is -3.77. The molecule has 0 aliphatic carbocycles. The minimum Gasteiger partial charge on any atom is -0.353 e. The van der Waals surface area contributed by atoms with Crippen LogP contribution in [-0.4, -0.2) is 29.6 Å². The van der Waals surface area contributed by atoms with E-state index in [0.717, 1.165) is 11.8 Å². The van der Waals surface area contributed by atoms with Crippen LogP contribution in [0.5, 0.6) is 0 Å². The summed E-state index contributed by atoms with van der Waals surface area (Å²) in [6, 6.07) is 8.63. The molecule has 2 N–H and O–H groups in total. The highest BCUT2D eigenvalue weighted by molar-refractivity contribution is 7.90. The van der Waals surface area contributed by atoms with Gasteiger partial charge in [0, 0.05) is 45.7 Å². The molecule has 0 aliphatic rings.